The molecule has 1 heterocycles. The van der Waals surface area contributed by atoms with E-state index in [2.05, 4.69) is 15.8 Å². The van der Waals surface area contributed by atoms with Crippen LogP contribution in [-0.4, -0.2) is 17.1 Å². The number of carbonyl (C=O) groups is 1. The first-order chi connectivity index (χ1) is 11.0. The van der Waals surface area contributed by atoms with Crippen molar-refractivity contribution in [1.29, 1.82) is 0 Å². The van der Waals surface area contributed by atoms with Crippen LogP contribution in [0.15, 0.2) is 34.9 Å². The van der Waals surface area contributed by atoms with Crippen LogP contribution >= 0.6 is 11.6 Å². The maximum Gasteiger partial charge on any atom is 0.242 e. The van der Waals surface area contributed by atoms with Gasteiger partial charge in [-0.1, -0.05) is 28.9 Å². The number of carbonyl (C=O) groups excluding carboxylic acids is 1. The number of nitrogens with zero attached hydrogens (tertiary/aromatic N) is 1. The van der Waals surface area contributed by atoms with Crippen molar-refractivity contribution in [3.63, 3.8) is 0 Å². The monoisotopic (exact) mass is 333 g/mol. The average molecular weight is 334 g/mol. The van der Waals surface area contributed by atoms with E-state index in [1.165, 1.54) is 12.8 Å². The summed E-state index contributed by atoms with van der Waals surface area (Å²) >= 11 is 5.96. The standard InChI is InChI=1S/C17H20ClN3O2/c1-10-9-15(21-23-10)20-17(22)11(2)19-16(12-3-4-12)13-5-7-14(18)8-6-13/h5-9,11-12,16,19H,3-4H2,1-2H3,(H,20,21,22)/t11-,16+/m0/s1. The molecule has 0 radical (unpaired) electrons. The molecule has 2 atom stereocenters. The summed E-state index contributed by atoms with van der Waals surface area (Å²) in [7, 11) is 0. The van der Waals surface area contributed by atoms with Gasteiger partial charge < -0.3 is 9.84 Å². The Labute approximate surface area is 140 Å². The van der Waals surface area contributed by atoms with Crippen LogP contribution in [-0.2, 0) is 4.79 Å². The molecule has 0 spiro atoms. The molecule has 3 rings (SSSR count). The van der Waals surface area contributed by atoms with Gasteiger partial charge in [-0.2, -0.15) is 0 Å². The molecular formula is C17H20ClN3O2. The predicted octanol–water partition coefficient (Wildman–Crippen LogP) is 3.70. The third-order valence-electron chi connectivity index (χ3n) is 4.02. The van der Waals surface area contributed by atoms with E-state index in [4.69, 9.17) is 16.1 Å². The number of hydrogen-bond donors (Lipinski definition) is 2. The lowest BCUT2D eigenvalue weighted by Crippen LogP contribution is -2.41. The fraction of sp³-hybridized carbons (Fsp3) is 0.412. The largest absolute Gasteiger partial charge is 0.360 e. The van der Waals surface area contributed by atoms with Gasteiger partial charge in [-0.05, 0) is 50.3 Å². The number of aryl methyl sites for hydroxylation is 1. The Kier molecular flexibility index (Phi) is 4.68. The summed E-state index contributed by atoms with van der Waals surface area (Å²) in [5, 5.41) is 10.7. The van der Waals surface area contributed by atoms with Gasteiger partial charge in [0.1, 0.15) is 5.76 Å². The van der Waals surface area contributed by atoms with Crippen LogP contribution in [0.3, 0.4) is 0 Å². The number of hydrogen-bond acceptors (Lipinski definition) is 4. The van der Waals surface area contributed by atoms with Gasteiger partial charge in [0.25, 0.3) is 0 Å². The molecule has 5 nitrogen and oxygen atoms in total. The third-order valence-corrected chi connectivity index (χ3v) is 4.28. The summed E-state index contributed by atoms with van der Waals surface area (Å²) in [5.74, 6) is 1.55. The SMILES string of the molecule is Cc1cc(NC(=O)[C@H](C)N[C@@H](c2ccc(Cl)cc2)C2CC2)no1. The summed E-state index contributed by atoms with van der Waals surface area (Å²) in [6.07, 6.45) is 2.36. The highest BCUT2D eigenvalue weighted by molar-refractivity contribution is 6.30. The van der Waals surface area contributed by atoms with E-state index in [1.807, 2.05) is 31.2 Å². The van der Waals surface area contributed by atoms with Gasteiger partial charge >= 0.3 is 0 Å². The minimum atomic E-state index is -0.340. The van der Waals surface area contributed by atoms with E-state index >= 15 is 0 Å². The first-order valence-corrected chi connectivity index (χ1v) is 8.16. The van der Waals surface area contributed by atoms with Crippen LogP contribution in [0.1, 0.15) is 37.1 Å². The summed E-state index contributed by atoms with van der Waals surface area (Å²) in [6.45, 7) is 3.64. The fourth-order valence-corrected chi connectivity index (χ4v) is 2.73. The molecule has 6 heteroatoms. The normalized spacial score (nSPS) is 16.8. The molecule has 0 saturated heterocycles. The topological polar surface area (TPSA) is 67.2 Å². The highest BCUT2D eigenvalue weighted by Crippen LogP contribution is 2.41. The van der Waals surface area contributed by atoms with Crippen LogP contribution in [0.5, 0.6) is 0 Å². The number of benzene rings is 1. The number of nitrogens with one attached hydrogen (secondary N) is 2. The van der Waals surface area contributed by atoms with Crippen molar-refractivity contribution in [1.82, 2.24) is 10.5 Å². The zero-order valence-electron chi connectivity index (χ0n) is 13.2. The van der Waals surface area contributed by atoms with E-state index in [1.54, 1.807) is 13.0 Å². The van der Waals surface area contributed by atoms with Crippen molar-refractivity contribution >= 4 is 23.3 Å². The molecule has 0 bridgehead atoms. The molecule has 2 N–H and O–H groups in total. The summed E-state index contributed by atoms with van der Waals surface area (Å²) in [4.78, 5) is 12.3. The minimum absolute atomic E-state index is 0.127. The maximum absolute atomic E-state index is 12.3. The molecule has 122 valence electrons. The van der Waals surface area contributed by atoms with E-state index in [0.717, 1.165) is 10.6 Å². The molecule has 1 aromatic heterocycles. The Balaban J connectivity index is 1.65. The summed E-state index contributed by atoms with van der Waals surface area (Å²) in [6, 6.07) is 9.32. The molecule has 1 aliphatic carbocycles. The Morgan fingerprint density at radius 2 is 2.04 bits per heavy atom. The lowest BCUT2D eigenvalue weighted by atomic mass is 10.0. The molecule has 23 heavy (non-hydrogen) atoms. The van der Waals surface area contributed by atoms with Crippen LogP contribution in [0.25, 0.3) is 0 Å². The van der Waals surface area contributed by atoms with Crippen LogP contribution in [0, 0.1) is 12.8 Å². The zero-order valence-corrected chi connectivity index (χ0v) is 13.9. The number of amides is 1. The predicted molar refractivity (Wildman–Crippen MR) is 89.4 cm³/mol. The van der Waals surface area contributed by atoms with Crippen molar-refractivity contribution in [2.75, 3.05) is 5.32 Å². The smallest absolute Gasteiger partial charge is 0.242 e. The molecule has 1 saturated carbocycles. The molecular weight excluding hydrogens is 314 g/mol. The molecule has 1 fully saturated rings. The average Bonchev–Trinajstić information content (AvgIpc) is 3.29. The number of halogens is 1. The highest BCUT2D eigenvalue weighted by Gasteiger charge is 2.34. The number of anilines is 1. The molecule has 1 aromatic carbocycles. The fourth-order valence-electron chi connectivity index (χ4n) is 2.61. The molecule has 0 unspecified atom stereocenters. The Bertz CT molecular complexity index is 679. The molecule has 0 aliphatic heterocycles. The van der Waals surface area contributed by atoms with Crippen molar-refractivity contribution < 1.29 is 9.32 Å². The molecule has 2 aromatic rings. The second-order valence-corrected chi connectivity index (χ2v) is 6.50. The van der Waals surface area contributed by atoms with Gasteiger partial charge in [0.05, 0.1) is 6.04 Å². The van der Waals surface area contributed by atoms with Gasteiger partial charge in [-0.25, -0.2) is 0 Å². The second kappa shape index (κ2) is 6.72. The quantitative estimate of drug-likeness (QED) is 0.845. The van der Waals surface area contributed by atoms with E-state index in [9.17, 15) is 4.79 Å². The van der Waals surface area contributed by atoms with Gasteiger partial charge in [0.2, 0.25) is 5.91 Å². The minimum Gasteiger partial charge on any atom is -0.360 e. The van der Waals surface area contributed by atoms with Gasteiger partial charge in [0.15, 0.2) is 5.82 Å². The number of aromatic nitrogens is 1. The van der Waals surface area contributed by atoms with Gasteiger partial charge in [0, 0.05) is 17.1 Å². The first kappa shape index (κ1) is 16.0. The van der Waals surface area contributed by atoms with Crippen molar-refractivity contribution in [2.24, 2.45) is 5.92 Å². The van der Waals surface area contributed by atoms with Gasteiger partial charge in [-0.3, -0.25) is 10.1 Å². The third kappa shape index (κ3) is 4.12. The van der Waals surface area contributed by atoms with Crippen molar-refractivity contribution in [3.05, 3.63) is 46.7 Å². The van der Waals surface area contributed by atoms with Gasteiger partial charge in [-0.15, -0.1) is 0 Å². The lowest BCUT2D eigenvalue weighted by Gasteiger charge is -2.23. The van der Waals surface area contributed by atoms with Crippen molar-refractivity contribution in [2.45, 2.75) is 38.8 Å². The molecule has 1 aliphatic rings. The van der Waals surface area contributed by atoms with Crippen LogP contribution in [0.4, 0.5) is 5.82 Å². The van der Waals surface area contributed by atoms with E-state index in [-0.39, 0.29) is 18.0 Å². The van der Waals surface area contributed by atoms with Crippen LogP contribution < -0.4 is 10.6 Å². The Hall–Kier alpha value is -1.85. The number of rotatable bonds is 6. The first-order valence-electron chi connectivity index (χ1n) is 7.78. The van der Waals surface area contributed by atoms with E-state index in [0.29, 0.717) is 17.5 Å². The zero-order chi connectivity index (χ0) is 16.4. The summed E-state index contributed by atoms with van der Waals surface area (Å²) in [5.41, 5.74) is 1.16. The highest BCUT2D eigenvalue weighted by atomic mass is 35.5. The Morgan fingerprint density at radius 3 is 2.61 bits per heavy atom. The molecule has 1 amide bonds. The van der Waals surface area contributed by atoms with Crippen LogP contribution in [0.2, 0.25) is 5.02 Å². The van der Waals surface area contributed by atoms with Crippen molar-refractivity contribution in [3.8, 4) is 0 Å². The maximum atomic E-state index is 12.3. The van der Waals surface area contributed by atoms with E-state index < -0.39 is 0 Å². The lowest BCUT2D eigenvalue weighted by molar-refractivity contribution is -0.118. The Morgan fingerprint density at radius 1 is 1.35 bits per heavy atom. The summed E-state index contributed by atoms with van der Waals surface area (Å²) < 4.78 is 4.96. The second-order valence-electron chi connectivity index (χ2n) is 6.07.